The topological polar surface area (TPSA) is 75.1 Å². The molecule has 5 nitrogen and oxygen atoms in total. The van der Waals surface area contributed by atoms with Gasteiger partial charge in [0.1, 0.15) is 0 Å². The Morgan fingerprint density at radius 2 is 2.26 bits per heavy atom. The third-order valence-electron chi connectivity index (χ3n) is 3.36. The number of aromatic carboxylic acids is 1. The second-order valence-corrected chi connectivity index (χ2v) is 4.93. The minimum absolute atomic E-state index is 0.255. The van der Waals surface area contributed by atoms with E-state index in [1.165, 1.54) is 19.3 Å². The van der Waals surface area contributed by atoms with Crippen molar-refractivity contribution in [3.05, 3.63) is 30.0 Å². The van der Waals surface area contributed by atoms with Crippen LogP contribution in [0.4, 0.5) is 5.95 Å². The van der Waals surface area contributed by atoms with Crippen molar-refractivity contribution in [3.8, 4) is 0 Å². The molecule has 3 rings (SSSR count). The molecular weight excluding hydrogens is 242 g/mol. The van der Waals surface area contributed by atoms with E-state index in [1.807, 2.05) is 0 Å². The van der Waals surface area contributed by atoms with E-state index in [0.717, 1.165) is 23.4 Å². The number of anilines is 1. The fourth-order valence-corrected chi connectivity index (χ4v) is 2.05. The second-order valence-electron chi connectivity index (χ2n) is 4.93. The molecule has 1 aliphatic carbocycles. The normalized spacial score (nSPS) is 14.5. The van der Waals surface area contributed by atoms with Gasteiger partial charge in [-0.3, -0.25) is 0 Å². The van der Waals surface area contributed by atoms with Gasteiger partial charge in [-0.2, -0.15) is 0 Å². The van der Waals surface area contributed by atoms with Gasteiger partial charge in [0.05, 0.1) is 11.1 Å². The summed E-state index contributed by atoms with van der Waals surface area (Å²) in [6.45, 7) is 0.892. The van der Waals surface area contributed by atoms with Gasteiger partial charge in [0.15, 0.2) is 0 Å². The van der Waals surface area contributed by atoms with Gasteiger partial charge in [-0.25, -0.2) is 14.8 Å². The van der Waals surface area contributed by atoms with E-state index in [0.29, 0.717) is 5.95 Å². The average molecular weight is 257 g/mol. The molecule has 98 valence electrons. The Morgan fingerprint density at radius 1 is 1.42 bits per heavy atom. The van der Waals surface area contributed by atoms with E-state index in [1.54, 1.807) is 24.4 Å². The Bertz CT molecular complexity index is 623. The van der Waals surface area contributed by atoms with Crippen LogP contribution in [0.15, 0.2) is 24.4 Å². The van der Waals surface area contributed by atoms with Crippen LogP contribution >= 0.6 is 0 Å². The fourth-order valence-electron chi connectivity index (χ4n) is 2.05. The molecule has 0 aliphatic heterocycles. The summed E-state index contributed by atoms with van der Waals surface area (Å²) >= 11 is 0. The first-order chi connectivity index (χ1) is 9.22. The van der Waals surface area contributed by atoms with Crippen molar-refractivity contribution in [2.75, 3.05) is 11.9 Å². The number of rotatable bonds is 5. The number of aromatic nitrogens is 2. The minimum Gasteiger partial charge on any atom is -0.478 e. The van der Waals surface area contributed by atoms with Crippen LogP contribution in [0.25, 0.3) is 10.9 Å². The van der Waals surface area contributed by atoms with E-state index < -0.39 is 5.97 Å². The molecule has 2 aromatic rings. The first-order valence-corrected chi connectivity index (χ1v) is 6.46. The lowest BCUT2D eigenvalue weighted by Gasteiger charge is -2.05. The van der Waals surface area contributed by atoms with Gasteiger partial charge in [-0.1, -0.05) is 12.8 Å². The van der Waals surface area contributed by atoms with Gasteiger partial charge in [-0.05, 0) is 30.5 Å². The highest BCUT2D eigenvalue weighted by Crippen LogP contribution is 2.31. The summed E-state index contributed by atoms with van der Waals surface area (Å²) in [6.07, 6.45) is 5.52. The minimum atomic E-state index is -0.937. The van der Waals surface area contributed by atoms with Crippen molar-refractivity contribution < 1.29 is 9.90 Å². The molecule has 1 heterocycles. The SMILES string of the molecule is O=C(O)c1ccc2nc(NCCC3CC3)ncc2c1. The molecule has 0 radical (unpaired) electrons. The van der Waals surface area contributed by atoms with Crippen LogP contribution in [0.2, 0.25) is 0 Å². The number of carbonyl (C=O) groups is 1. The molecule has 0 atom stereocenters. The van der Waals surface area contributed by atoms with Crippen molar-refractivity contribution in [1.82, 2.24) is 9.97 Å². The Kier molecular flexibility index (Phi) is 3.03. The van der Waals surface area contributed by atoms with Crippen molar-refractivity contribution >= 4 is 22.8 Å². The van der Waals surface area contributed by atoms with Crippen molar-refractivity contribution in [1.29, 1.82) is 0 Å². The zero-order valence-electron chi connectivity index (χ0n) is 10.5. The number of fused-ring (bicyclic) bond motifs is 1. The van der Waals surface area contributed by atoms with E-state index in [9.17, 15) is 4.79 Å². The summed E-state index contributed by atoms with van der Waals surface area (Å²) in [4.78, 5) is 19.5. The monoisotopic (exact) mass is 257 g/mol. The Balaban J connectivity index is 1.76. The third kappa shape index (κ3) is 2.81. The number of nitrogens with one attached hydrogen (secondary N) is 1. The highest BCUT2D eigenvalue weighted by molar-refractivity contribution is 5.93. The van der Waals surface area contributed by atoms with Gasteiger partial charge in [0, 0.05) is 18.1 Å². The average Bonchev–Trinajstić information content (AvgIpc) is 3.22. The van der Waals surface area contributed by atoms with Gasteiger partial charge in [0.2, 0.25) is 5.95 Å². The molecule has 0 spiro atoms. The molecule has 2 N–H and O–H groups in total. The smallest absolute Gasteiger partial charge is 0.335 e. The van der Waals surface area contributed by atoms with Gasteiger partial charge in [-0.15, -0.1) is 0 Å². The number of carboxylic acids is 1. The van der Waals surface area contributed by atoms with Crippen LogP contribution in [0, 0.1) is 5.92 Å². The summed E-state index contributed by atoms with van der Waals surface area (Å²) in [6, 6.07) is 4.86. The van der Waals surface area contributed by atoms with Crippen LogP contribution in [-0.2, 0) is 0 Å². The molecule has 0 amide bonds. The van der Waals surface area contributed by atoms with Gasteiger partial charge in [0.25, 0.3) is 0 Å². The Hall–Kier alpha value is -2.17. The zero-order valence-corrected chi connectivity index (χ0v) is 10.5. The molecule has 1 aromatic carbocycles. The number of nitrogens with zero attached hydrogens (tertiary/aromatic N) is 2. The van der Waals surface area contributed by atoms with Gasteiger partial charge < -0.3 is 10.4 Å². The zero-order chi connectivity index (χ0) is 13.2. The predicted molar refractivity (Wildman–Crippen MR) is 72.3 cm³/mol. The highest BCUT2D eigenvalue weighted by Gasteiger charge is 2.20. The standard InChI is InChI=1S/C14H15N3O2/c18-13(19)10-3-4-12-11(7-10)8-16-14(17-12)15-6-5-9-1-2-9/h3-4,7-9H,1-2,5-6H2,(H,18,19)(H,15,16,17). The number of hydrogen-bond acceptors (Lipinski definition) is 4. The first kappa shape index (κ1) is 11.9. The lowest BCUT2D eigenvalue weighted by molar-refractivity contribution is 0.0697. The van der Waals surface area contributed by atoms with Crippen LogP contribution in [0.3, 0.4) is 0 Å². The molecule has 1 aromatic heterocycles. The van der Waals surface area contributed by atoms with Crippen molar-refractivity contribution in [3.63, 3.8) is 0 Å². The summed E-state index contributed by atoms with van der Waals surface area (Å²) < 4.78 is 0. The Morgan fingerprint density at radius 3 is 3.00 bits per heavy atom. The van der Waals surface area contributed by atoms with E-state index in [2.05, 4.69) is 15.3 Å². The predicted octanol–water partition coefficient (Wildman–Crippen LogP) is 2.54. The summed E-state index contributed by atoms with van der Waals surface area (Å²) in [5.41, 5.74) is 1.01. The quantitative estimate of drug-likeness (QED) is 0.860. The molecule has 5 heteroatoms. The van der Waals surface area contributed by atoms with Crippen LogP contribution in [0.1, 0.15) is 29.6 Å². The molecule has 19 heavy (non-hydrogen) atoms. The molecule has 0 unspecified atom stereocenters. The lowest BCUT2D eigenvalue weighted by Crippen LogP contribution is -2.06. The summed E-state index contributed by atoms with van der Waals surface area (Å²) in [5, 5.41) is 12.9. The molecule has 1 saturated carbocycles. The summed E-state index contributed by atoms with van der Waals surface area (Å²) in [7, 11) is 0. The van der Waals surface area contributed by atoms with Crippen molar-refractivity contribution in [2.45, 2.75) is 19.3 Å². The largest absolute Gasteiger partial charge is 0.478 e. The van der Waals surface area contributed by atoms with E-state index >= 15 is 0 Å². The molecular formula is C14H15N3O2. The second kappa shape index (κ2) is 4.84. The van der Waals surface area contributed by atoms with Crippen LogP contribution in [-0.4, -0.2) is 27.6 Å². The van der Waals surface area contributed by atoms with Gasteiger partial charge >= 0.3 is 5.97 Å². The third-order valence-corrected chi connectivity index (χ3v) is 3.36. The molecule has 0 saturated heterocycles. The van der Waals surface area contributed by atoms with Crippen LogP contribution in [0.5, 0.6) is 0 Å². The lowest BCUT2D eigenvalue weighted by atomic mass is 10.1. The summed E-state index contributed by atoms with van der Waals surface area (Å²) in [5.74, 6) is 0.552. The highest BCUT2D eigenvalue weighted by atomic mass is 16.4. The fraction of sp³-hybridized carbons (Fsp3) is 0.357. The van der Waals surface area contributed by atoms with Crippen molar-refractivity contribution in [2.24, 2.45) is 5.92 Å². The van der Waals surface area contributed by atoms with E-state index in [-0.39, 0.29) is 5.56 Å². The van der Waals surface area contributed by atoms with E-state index in [4.69, 9.17) is 5.11 Å². The maximum absolute atomic E-state index is 10.9. The first-order valence-electron chi connectivity index (χ1n) is 6.46. The molecule has 1 fully saturated rings. The maximum atomic E-state index is 10.9. The maximum Gasteiger partial charge on any atom is 0.335 e. The number of carboxylic acid groups (broad SMARTS) is 1. The number of hydrogen-bond donors (Lipinski definition) is 2. The Labute approximate surface area is 110 Å². The van der Waals surface area contributed by atoms with Crippen LogP contribution < -0.4 is 5.32 Å². The molecule has 0 bridgehead atoms. The molecule has 1 aliphatic rings. The number of benzene rings is 1.